The molecule has 2 amide bonds. The van der Waals surface area contributed by atoms with Crippen LogP contribution in [0.1, 0.15) is 37.3 Å². The molecule has 2 aromatic rings. The summed E-state index contributed by atoms with van der Waals surface area (Å²) in [7, 11) is 1.90. The van der Waals surface area contributed by atoms with Crippen LogP contribution in [0.3, 0.4) is 0 Å². The maximum Gasteiger partial charge on any atom is 0.242 e. The summed E-state index contributed by atoms with van der Waals surface area (Å²) in [5.41, 5.74) is 2.90. The van der Waals surface area contributed by atoms with Gasteiger partial charge in [0.15, 0.2) is 0 Å². The summed E-state index contributed by atoms with van der Waals surface area (Å²) in [6.07, 6.45) is 5.97. The van der Waals surface area contributed by atoms with Crippen LogP contribution in [0.5, 0.6) is 0 Å². The van der Waals surface area contributed by atoms with Gasteiger partial charge in [-0.2, -0.15) is 5.10 Å². The number of rotatable bonds is 3. The number of nitrogens with zero attached hydrogens (tertiary/aromatic N) is 3. The average Bonchev–Trinajstić information content (AvgIpc) is 3.37. The molecule has 0 bridgehead atoms. The Hall–Kier alpha value is -3.03. The molecule has 1 aromatic carbocycles. The average molecular weight is 396 g/mol. The van der Waals surface area contributed by atoms with E-state index in [0.717, 1.165) is 48.2 Å². The fraction of sp³-hybridized carbons (Fsp3) is 0.476. The molecule has 8 heteroatoms. The van der Waals surface area contributed by atoms with Gasteiger partial charge in [0, 0.05) is 43.5 Å². The van der Waals surface area contributed by atoms with Crippen LogP contribution < -0.4 is 10.2 Å². The number of carbonyl (C=O) groups excluding carboxylic acids is 2. The lowest BCUT2D eigenvalue weighted by molar-refractivity contribution is -0.134. The van der Waals surface area contributed by atoms with Crippen LogP contribution in [-0.4, -0.2) is 41.0 Å². The first-order valence-electron chi connectivity index (χ1n) is 10.1. The quantitative estimate of drug-likeness (QED) is 0.801. The van der Waals surface area contributed by atoms with Gasteiger partial charge in [-0.15, -0.1) is 0 Å². The van der Waals surface area contributed by atoms with Gasteiger partial charge in [-0.3, -0.25) is 19.6 Å². The molecule has 29 heavy (non-hydrogen) atoms. The molecule has 0 aliphatic carbocycles. The molecule has 0 spiro atoms. The molecule has 0 radical (unpaired) electrons. The number of hydrogen-bond donors (Lipinski definition) is 1. The van der Waals surface area contributed by atoms with Crippen LogP contribution in [0.15, 0.2) is 30.7 Å². The lowest BCUT2D eigenvalue weighted by Crippen LogP contribution is -2.39. The minimum Gasteiger partial charge on any atom is -0.459 e. The van der Waals surface area contributed by atoms with Gasteiger partial charge in [0.2, 0.25) is 18.1 Å². The maximum atomic E-state index is 12.3. The first kappa shape index (κ1) is 18.0. The van der Waals surface area contributed by atoms with Gasteiger partial charge in [-0.25, -0.2) is 0 Å². The first-order valence-corrected chi connectivity index (χ1v) is 10.1. The van der Waals surface area contributed by atoms with E-state index in [9.17, 15) is 9.59 Å². The van der Waals surface area contributed by atoms with Crippen LogP contribution in [-0.2, 0) is 26.1 Å². The number of aromatic nitrogens is 2. The van der Waals surface area contributed by atoms with Crippen molar-refractivity contribution < 1.29 is 19.1 Å². The van der Waals surface area contributed by atoms with Crippen molar-refractivity contribution in [2.45, 2.75) is 37.9 Å². The number of amides is 2. The molecule has 2 saturated heterocycles. The van der Waals surface area contributed by atoms with Gasteiger partial charge in [0.1, 0.15) is 12.5 Å². The molecule has 8 nitrogen and oxygen atoms in total. The zero-order chi connectivity index (χ0) is 20.0. The molecular weight excluding hydrogens is 372 g/mol. The monoisotopic (exact) mass is 396 g/mol. The van der Waals surface area contributed by atoms with Crippen molar-refractivity contribution in [3.63, 3.8) is 0 Å². The number of aryl methyl sites for hydroxylation is 1. The van der Waals surface area contributed by atoms with Gasteiger partial charge >= 0.3 is 0 Å². The number of carbonyl (C=O) groups is 2. The van der Waals surface area contributed by atoms with Crippen molar-refractivity contribution in [3.05, 3.63) is 36.4 Å². The van der Waals surface area contributed by atoms with Crippen LogP contribution in [0.4, 0.5) is 5.69 Å². The molecule has 5 rings (SSSR count). The second-order valence-electron chi connectivity index (χ2n) is 7.95. The predicted octanol–water partition coefficient (Wildman–Crippen LogP) is 2.15. The predicted molar refractivity (Wildman–Crippen MR) is 106 cm³/mol. The summed E-state index contributed by atoms with van der Waals surface area (Å²) >= 11 is 0. The van der Waals surface area contributed by atoms with Crippen LogP contribution >= 0.6 is 0 Å². The minimum absolute atomic E-state index is 0.146. The first-order chi connectivity index (χ1) is 14.1. The van der Waals surface area contributed by atoms with Gasteiger partial charge in [0.05, 0.1) is 17.1 Å². The van der Waals surface area contributed by atoms with E-state index in [-0.39, 0.29) is 24.0 Å². The highest BCUT2D eigenvalue weighted by Gasteiger charge is 2.32. The van der Waals surface area contributed by atoms with E-state index in [1.165, 1.54) is 0 Å². The molecule has 3 aliphatic rings. The standard InChI is InChI=1S/C21H24N4O4/c1-24-17-12-14(25-8-6-13(7-9-25)21-28-10-11-29-21)2-3-15(17)19(23-24)16-4-5-18(26)22-20(16)27/h2-3,10-13,16,21H,4-9H2,1H3,(H,22,26,27). The lowest BCUT2D eigenvalue weighted by Gasteiger charge is -2.35. The molecule has 1 aromatic heterocycles. The zero-order valence-corrected chi connectivity index (χ0v) is 16.3. The number of piperidine rings is 2. The van der Waals surface area contributed by atoms with Crippen molar-refractivity contribution >= 4 is 28.4 Å². The van der Waals surface area contributed by atoms with Crippen LogP contribution in [0.2, 0.25) is 0 Å². The van der Waals surface area contributed by atoms with E-state index in [1.807, 2.05) is 11.7 Å². The van der Waals surface area contributed by atoms with Gasteiger partial charge < -0.3 is 14.4 Å². The second-order valence-corrected chi connectivity index (χ2v) is 7.95. The number of ether oxygens (including phenoxy) is 2. The van der Waals surface area contributed by atoms with Crippen molar-refractivity contribution in [1.82, 2.24) is 15.1 Å². The number of nitrogens with one attached hydrogen (secondary N) is 1. The summed E-state index contributed by atoms with van der Waals surface area (Å²) in [6.45, 7) is 1.88. The molecular formula is C21H24N4O4. The van der Waals surface area contributed by atoms with Crippen molar-refractivity contribution in [2.75, 3.05) is 18.0 Å². The highest BCUT2D eigenvalue weighted by Crippen LogP contribution is 2.34. The van der Waals surface area contributed by atoms with Gasteiger partial charge in [-0.1, -0.05) is 0 Å². The summed E-state index contributed by atoms with van der Waals surface area (Å²) in [5, 5.41) is 8.03. The van der Waals surface area contributed by atoms with Crippen molar-refractivity contribution in [3.8, 4) is 0 Å². The van der Waals surface area contributed by atoms with E-state index in [4.69, 9.17) is 9.47 Å². The molecule has 1 atom stereocenters. The lowest BCUT2D eigenvalue weighted by atomic mass is 9.92. The Balaban J connectivity index is 1.35. The minimum atomic E-state index is -0.377. The SMILES string of the molecule is Cn1nc(C2CCC(=O)NC2=O)c2ccc(N3CCC(C4OC=CO4)CC3)cc21. The second kappa shape index (κ2) is 7.09. The van der Waals surface area contributed by atoms with E-state index < -0.39 is 0 Å². The van der Waals surface area contributed by atoms with Crippen molar-refractivity contribution in [2.24, 2.45) is 13.0 Å². The van der Waals surface area contributed by atoms with E-state index in [0.29, 0.717) is 18.8 Å². The molecule has 1 N–H and O–H groups in total. The molecule has 3 aliphatic heterocycles. The smallest absolute Gasteiger partial charge is 0.242 e. The largest absolute Gasteiger partial charge is 0.459 e. The third-order valence-electron chi connectivity index (χ3n) is 6.20. The fourth-order valence-electron chi connectivity index (χ4n) is 4.59. The van der Waals surface area contributed by atoms with E-state index in [2.05, 4.69) is 33.5 Å². The summed E-state index contributed by atoms with van der Waals surface area (Å²) in [5.74, 6) is -0.432. The summed E-state index contributed by atoms with van der Waals surface area (Å²) < 4.78 is 12.8. The fourth-order valence-corrected chi connectivity index (χ4v) is 4.59. The van der Waals surface area contributed by atoms with Crippen LogP contribution in [0.25, 0.3) is 10.9 Å². The van der Waals surface area contributed by atoms with E-state index >= 15 is 0 Å². The Labute approximate surface area is 168 Å². The van der Waals surface area contributed by atoms with Crippen LogP contribution in [0, 0.1) is 5.92 Å². The number of fused-ring (bicyclic) bond motifs is 1. The summed E-state index contributed by atoms with van der Waals surface area (Å²) in [4.78, 5) is 26.1. The highest BCUT2D eigenvalue weighted by molar-refractivity contribution is 6.02. The number of hydrogen-bond acceptors (Lipinski definition) is 6. The molecule has 0 saturated carbocycles. The Kier molecular flexibility index (Phi) is 4.41. The Morgan fingerprint density at radius 2 is 1.86 bits per heavy atom. The zero-order valence-electron chi connectivity index (χ0n) is 16.3. The normalized spacial score (nSPS) is 23.3. The van der Waals surface area contributed by atoms with Crippen molar-refractivity contribution in [1.29, 1.82) is 0 Å². The molecule has 1 unspecified atom stereocenters. The highest BCUT2D eigenvalue weighted by atomic mass is 16.7. The Bertz CT molecular complexity index is 982. The van der Waals surface area contributed by atoms with E-state index in [1.54, 1.807) is 12.5 Å². The molecule has 2 fully saturated rings. The van der Waals surface area contributed by atoms with Gasteiger partial charge in [0.25, 0.3) is 0 Å². The number of imide groups is 1. The third kappa shape index (κ3) is 3.22. The maximum absolute atomic E-state index is 12.3. The third-order valence-corrected chi connectivity index (χ3v) is 6.20. The molecule has 4 heterocycles. The topological polar surface area (TPSA) is 85.7 Å². The Morgan fingerprint density at radius 1 is 1.10 bits per heavy atom. The number of benzene rings is 1. The Morgan fingerprint density at radius 3 is 2.59 bits per heavy atom. The number of anilines is 1. The summed E-state index contributed by atoms with van der Waals surface area (Å²) in [6, 6.07) is 6.29. The van der Waals surface area contributed by atoms with Gasteiger partial charge in [-0.05, 0) is 37.5 Å². The molecule has 152 valence electrons.